The zero-order chi connectivity index (χ0) is 11.3. The molecule has 2 N–H and O–H groups in total. The number of amides is 1. The van der Waals surface area contributed by atoms with Gasteiger partial charge in [-0.1, -0.05) is 20.3 Å². The number of carbonyl (C=O) groups is 1. The first-order chi connectivity index (χ1) is 7.20. The summed E-state index contributed by atoms with van der Waals surface area (Å²) in [6.45, 7) is 5.14. The summed E-state index contributed by atoms with van der Waals surface area (Å²) in [6, 6.07) is 0.163. The van der Waals surface area contributed by atoms with Crippen LogP contribution in [0, 0.1) is 0 Å². The molecule has 1 heterocycles. The standard InChI is InChI=1S/C12H24N2O/c1-3-7-11(13)12(15)14-9-6-5-8-10(14)4-2/h10-11H,3-9,13H2,1-2H3/t10?,11-/m1/s1. The number of rotatable bonds is 4. The number of nitrogens with zero attached hydrogens (tertiary/aromatic N) is 1. The van der Waals surface area contributed by atoms with E-state index in [0.29, 0.717) is 6.04 Å². The van der Waals surface area contributed by atoms with Crippen LogP contribution in [0.4, 0.5) is 0 Å². The molecule has 1 aliphatic heterocycles. The highest BCUT2D eigenvalue weighted by molar-refractivity contribution is 5.82. The Morgan fingerprint density at radius 1 is 1.47 bits per heavy atom. The summed E-state index contributed by atoms with van der Waals surface area (Å²) < 4.78 is 0. The van der Waals surface area contributed by atoms with Crippen molar-refractivity contribution in [1.29, 1.82) is 0 Å². The summed E-state index contributed by atoms with van der Waals surface area (Å²) >= 11 is 0. The summed E-state index contributed by atoms with van der Waals surface area (Å²) in [7, 11) is 0. The van der Waals surface area contributed by atoms with Gasteiger partial charge in [-0.2, -0.15) is 0 Å². The molecule has 1 unspecified atom stereocenters. The Labute approximate surface area is 93.0 Å². The molecule has 0 spiro atoms. The molecule has 0 saturated carbocycles. The van der Waals surface area contributed by atoms with Crippen LogP contribution in [0.25, 0.3) is 0 Å². The van der Waals surface area contributed by atoms with E-state index in [1.807, 2.05) is 4.90 Å². The molecule has 15 heavy (non-hydrogen) atoms. The molecule has 0 aromatic carbocycles. The molecule has 0 aliphatic carbocycles. The first-order valence-corrected chi connectivity index (χ1v) is 6.26. The third kappa shape index (κ3) is 3.20. The smallest absolute Gasteiger partial charge is 0.239 e. The second-order valence-electron chi connectivity index (χ2n) is 4.48. The number of piperidine rings is 1. The minimum Gasteiger partial charge on any atom is -0.338 e. The molecule has 1 fully saturated rings. The van der Waals surface area contributed by atoms with Crippen LogP contribution >= 0.6 is 0 Å². The Hall–Kier alpha value is -0.570. The minimum absolute atomic E-state index is 0.170. The van der Waals surface area contributed by atoms with Gasteiger partial charge < -0.3 is 10.6 Å². The summed E-state index contributed by atoms with van der Waals surface area (Å²) in [5, 5.41) is 0. The molecule has 1 rings (SSSR count). The number of carbonyl (C=O) groups excluding carboxylic acids is 1. The topological polar surface area (TPSA) is 46.3 Å². The van der Waals surface area contributed by atoms with Crippen LogP contribution in [0.3, 0.4) is 0 Å². The van der Waals surface area contributed by atoms with E-state index < -0.39 is 0 Å². The third-order valence-electron chi connectivity index (χ3n) is 3.30. The van der Waals surface area contributed by atoms with Crippen LogP contribution < -0.4 is 5.73 Å². The molecule has 88 valence electrons. The summed E-state index contributed by atoms with van der Waals surface area (Å²) in [5.41, 5.74) is 5.88. The molecule has 0 radical (unpaired) electrons. The zero-order valence-corrected chi connectivity index (χ0v) is 10.0. The van der Waals surface area contributed by atoms with E-state index in [1.165, 1.54) is 6.42 Å². The van der Waals surface area contributed by atoms with Crippen molar-refractivity contribution < 1.29 is 4.79 Å². The zero-order valence-electron chi connectivity index (χ0n) is 10.0. The molecule has 2 atom stereocenters. The molecule has 3 nitrogen and oxygen atoms in total. The van der Waals surface area contributed by atoms with Crippen molar-refractivity contribution in [2.24, 2.45) is 5.73 Å². The number of nitrogens with two attached hydrogens (primary N) is 1. The van der Waals surface area contributed by atoms with Gasteiger partial charge in [-0.05, 0) is 32.1 Å². The lowest BCUT2D eigenvalue weighted by atomic mass is 9.98. The van der Waals surface area contributed by atoms with Gasteiger partial charge in [0.15, 0.2) is 0 Å². The molecule has 0 aromatic rings. The predicted octanol–water partition coefficient (Wildman–Crippen LogP) is 1.90. The highest BCUT2D eigenvalue weighted by Crippen LogP contribution is 2.20. The Bertz CT molecular complexity index is 206. The fourth-order valence-corrected chi connectivity index (χ4v) is 2.36. The van der Waals surface area contributed by atoms with E-state index >= 15 is 0 Å². The van der Waals surface area contributed by atoms with Crippen molar-refractivity contribution in [3.05, 3.63) is 0 Å². The lowest BCUT2D eigenvalue weighted by Crippen LogP contribution is -2.50. The molecule has 1 aliphatic rings. The van der Waals surface area contributed by atoms with Gasteiger partial charge in [-0.15, -0.1) is 0 Å². The van der Waals surface area contributed by atoms with Gasteiger partial charge in [-0.25, -0.2) is 0 Å². The van der Waals surface area contributed by atoms with E-state index in [-0.39, 0.29) is 11.9 Å². The SMILES string of the molecule is CCC[C@@H](N)C(=O)N1CCCCC1CC. The molecular formula is C12H24N2O. The molecule has 0 bridgehead atoms. The maximum atomic E-state index is 12.1. The fraction of sp³-hybridized carbons (Fsp3) is 0.917. The van der Waals surface area contributed by atoms with Crippen LogP contribution in [0.1, 0.15) is 52.4 Å². The Morgan fingerprint density at radius 3 is 2.80 bits per heavy atom. The molecule has 1 amide bonds. The summed E-state index contributed by atoms with van der Waals surface area (Å²) in [6.07, 6.45) is 6.40. The fourth-order valence-electron chi connectivity index (χ4n) is 2.36. The first kappa shape index (κ1) is 12.5. The van der Waals surface area contributed by atoms with Crippen LogP contribution in [0.15, 0.2) is 0 Å². The lowest BCUT2D eigenvalue weighted by molar-refractivity contribution is -0.136. The van der Waals surface area contributed by atoms with E-state index in [0.717, 1.165) is 38.6 Å². The van der Waals surface area contributed by atoms with Gasteiger partial charge in [0.25, 0.3) is 0 Å². The van der Waals surface area contributed by atoms with Crippen molar-refractivity contribution in [3.8, 4) is 0 Å². The summed E-state index contributed by atoms with van der Waals surface area (Å²) in [5.74, 6) is 0.170. The predicted molar refractivity (Wildman–Crippen MR) is 62.5 cm³/mol. The molecular weight excluding hydrogens is 188 g/mol. The monoisotopic (exact) mass is 212 g/mol. The van der Waals surface area contributed by atoms with Crippen molar-refractivity contribution in [3.63, 3.8) is 0 Å². The highest BCUT2D eigenvalue weighted by Gasteiger charge is 2.28. The van der Waals surface area contributed by atoms with Gasteiger partial charge in [0.2, 0.25) is 5.91 Å². The van der Waals surface area contributed by atoms with Crippen molar-refractivity contribution in [1.82, 2.24) is 4.90 Å². The van der Waals surface area contributed by atoms with Crippen LogP contribution in [-0.4, -0.2) is 29.4 Å². The second-order valence-corrected chi connectivity index (χ2v) is 4.48. The van der Waals surface area contributed by atoms with Crippen molar-refractivity contribution in [2.45, 2.75) is 64.5 Å². The largest absolute Gasteiger partial charge is 0.338 e. The third-order valence-corrected chi connectivity index (χ3v) is 3.30. The number of hydrogen-bond acceptors (Lipinski definition) is 2. The van der Waals surface area contributed by atoms with Crippen LogP contribution in [0.2, 0.25) is 0 Å². The number of likely N-dealkylation sites (tertiary alicyclic amines) is 1. The number of hydrogen-bond donors (Lipinski definition) is 1. The van der Waals surface area contributed by atoms with E-state index in [9.17, 15) is 4.79 Å². The van der Waals surface area contributed by atoms with Gasteiger partial charge in [0, 0.05) is 12.6 Å². The minimum atomic E-state index is -0.276. The van der Waals surface area contributed by atoms with Gasteiger partial charge >= 0.3 is 0 Å². The van der Waals surface area contributed by atoms with Gasteiger partial charge in [0.1, 0.15) is 0 Å². The first-order valence-electron chi connectivity index (χ1n) is 6.26. The maximum Gasteiger partial charge on any atom is 0.239 e. The molecule has 3 heteroatoms. The quantitative estimate of drug-likeness (QED) is 0.773. The van der Waals surface area contributed by atoms with Gasteiger partial charge in [-0.3, -0.25) is 4.79 Å². The second kappa shape index (κ2) is 6.11. The van der Waals surface area contributed by atoms with Crippen molar-refractivity contribution >= 4 is 5.91 Å². The summed E-state index contributed by atoms with van der Waals surface area (Å²) in [4.78, 5) is 14.1. The van der Waals surface area contributed by atoms with E-state index in [2.05, 4.69) is 13.8 Å². The Balaban J connectivity index is 2.55. The normalized spacial score (nSPS) is 23.9. The lowest BCUT2D eigenvalue weighted by Gasteiger charge is -2.36. The van der Waals surface area contributed by atoms with Crippen LogP contribution in [-0.2, 0) is 4.79 Å². The maximum absolute atomic E-state index is 12.1. The molecule has 1 saturated heterocycles. The van der Waals surface area contributed by atoms with Crippen molar-refractivity contribution in [2.75, 3.05) is 6.54 Å². The van der Waals surface area contributed by atoms with Gasteiger partial charge in [0.05, 0.1) is 6.04 Å². The van der Waals surface area contributed by atoms with E-state index in [4.69, 9.17) is 5.73 Å². The molecule has 0 aromatic heterocycles. The average Bonchev–Trinajstić information content (AvgIpc) is 2.28. The van der Waals surface area contributed by atoms with Crippen LogP contribution in [0.5, 0.6) is 0 Å². The Kier molecular flexibility index (Phi) is 5.09. The average molecular weight is 212 g/mol. The van der Waals surface area contributed by atoms with E-state index in [1.54, 1.807) is 0 Å². The highest BCUT2D eigenvalue weighted by atomic mass is 16.2. The Morgan fingerprint density at radius 2 is 2.20 bits per heavy atom.